The molecule has 3 N–H and O–H groups in total. The Hall–Kier alpha value is -2.05. The number of piperidine rings is 1. The van der Waals surface area contributed by atoms with E-state index in [0.29, 0.717) is 11.3 Å². The van der Waals surface area contributed by atoms with E-state index in [-0.39, 0.29) is 12.3 Å². The Labute approximate surface area is 117 Å². The number of amides is 1. The maximum absolute atomic E-state index is 11.6. The van der Waals surface area contributed by atoms with Crippen LogP contribution >= 0.6 is 0 Å². The van der Waals surface area contributed by atoms with Gasteiger partial charge in [-0.1, -0.05) is 0 Å². The predicted octanol–water partition coefficient (Wildman–Crippen LogP) is 0.519. The summed E-state index contributed by atoms with van der Waals surface area (Å²) in [7, 11) is 1.79. The van der Waals surface area contributed by atoms with E-state index >= 15 is 0 Å². The van der Waals surface area contributed by atoms with Crippen molar-refractivity contribution >= 4 is 17.7 Å². The number of nitrogens with zero attached hydrogens (tertiary/aromatic N) is 3. The molecule has 0 atom stereocenters. The first-order valence-electron chi connectivity index (χ1n) is 6.70. The molecule has 7 nitrogen and oxygen atoms in total. The molecule has 0 saturated carbocycles. The van der Waals surface area contributed by atoms with Crippen LogP contribution in [0.1, 0.15) is 35.3 Å². The lowest BCUT2D eigenvalue weighted by Gasteiger charge is -2.33. The van der Waals surface area contributed by atoms with Crippen LogP contribution in [0.15, 0.2) is 0 Å². The van der Waals surface area contributed by atoms with Gasteiger partial charge in [-0.05, 0) is 25.7 Å². The average Bonchev–Trinajstić information content (AvgIpc) is 2.64. The van der Waals surface area contributed by atoms with Crippen molar-refractivity contribution in [1.82, 2.24) is 9.78 Å². The number of carboxylic acids is 1. The van der Waals surface area contributed by atoms with Crippen LogP contribution in [0.2, 0.25) is 0 Å². The minimum atomic E-state index is -0.752. The number of hydrogen-bond acceptors (Lipinski definition) is 4. The molecule has 0 aromatic carbocycles. The SMILES string of the molecule is Cc1nn(C)c(N2CCC(CC(=O)O)CC2)c1C(N)=O. The van der Waals surface area contributed by atoms with Gasteiger partial charge in [-0.25, -0.2) is 0 Å². The van der Waals surface area contributed by atoms with Gasteiger partial charge in [0.25, 0.3) is 5.91 Å². The molecule has 1 fully saturated rings. The van der Waals surface area contributed by atoms with Crippen LogP contribution in [-0.4, -0.2) is 39.9 Å². The fourth-order valence-electron chi connectivity index (χ4n) is 2.89. The van der Waals surface area contributed by atoms with Crippen LogP contribution in [0.5, 0.6) is 0 Å². The molecule has 1 amide bonds. The van der Waals surface area contributed by atoms with Crippen LogP contribution < -0.4 is 10.6 Å². The van der Waals surface area contributed by atoms with Crippen molar-refractivity contribution in [2.24, 2.45) is 18.7 Å². The van der Waals surface area contributed by atoms with Gasteiger partial charge in [-0.3, -0.25) is 14.3 Å². The molecule has 2 heterocycles. The van der Waals surface area contributed by atoms with Crippen molar-refractivity contribution < 1.29 is 14.7 Å². The zero-order valence-electron chi connectivity index (χ0n) is 11.8. The maximum Gasteiger partial charge on any atom is 0.303 e. The van der Waals surface area contributed by atoms with Crippen LogP contribution in [-0.2, 0) is 11.8 Å². The lowest BCUT2D eigenvalue weighted by molar-refractivity contribution is -0.138. The van der Waals surface area contributed by atoms with Crippen LogP contribution in [0.3, 0.4) is 0 Å². The Balaban J connectivity index is 2.15. The van der Waals surface area contributed by atoms with Crippen molar-refractivity contribution in [3.05, 3.63) is 11.3 Å². The van der Waals surface area contributed by atoms with Gasteiger partial charge in [-0.2, -0.15) is 5.10 Å². The molecule has 1 aromatic heterocycles. The summed E-state index contributed by atoms with van der Waals surface area (Å²) < 4.78 is 1.67. The van der Waals surface area contributed by atoms with E-state index in [9.17, 15) is 9.59 Å². The van der Waals surface area contributed by atoms with E-state index in [0.717, 1.165) is 31.7 Å². The normalized spacial score (nSPS) is 16.4. The first kappa shape index (κ1) is 14.4. The molecular formula is C13H20N4O3. The third-order valence-corrected chi connectivity index (χ3v) is 3.82. The van der Waals surface area contributed by atoms with E-state index in [1.54, 1.807) is 18.7 Å². The molecule has 20 heavy (non-hydrogen) atoms. The van der Waals surface area contributed by atoms with Gasteiger partial charge in [0.15, 0.2) is 0 Å². The highest BCUT2D eigenvalue weighted by Gasteiger charge is 2.27. The lowest BCUT2D eigenvalue weighted by Crippen LogP contribution is -2.36. The molecule has 0 unspecified atom stereocenters. The Morgan fingerprint density at radius 3 is 2.50 bits per heavy atom. The second kappa shape index (κ2) is 5.52. The Morgan fingerprint density at radius 1 is 1.40 bits per heavy atom. The molecule has 0 bridgehead atoms. The van der Waals surface area contributed by atoms with Gasteiger partial charge < -0.3 is 15.7 Å². The summed E-state index contributed by atoms with van der Waals surface area (Å²) in [6.45, 7) is 3.20. The number of hydrogen-bond donors (Lipinski definition) is 2. The molecule has 7 heteroatoms. The Bertz CT molecular complexity index is 530. The summed E-state index contributed by atoms with van der Waals surface area (Å²) in [6.07, 6.45) is 1.81. The first-order valence-corrected chi connectivity index (χ1v) is 6.70. The topological polar surface area (TPSA) is 101 Å². The summed E-state index contributed by atoms with van der Waals surface area (Å²) in [5, 5.41) is 13.1. The second-order valence-corrected chi connectivity index (χ2v) is 5.30. The summed E-state index contributed by atoms with van der Waals surface area (Å²) in [6, 6.07) is 0. The standard InChI is InChI=1S/C13H20N4O3/c1-8-11(12(14)20)13(16(2)15-8)17-5-3-9(4-6-17)7-10(18)19/h9H,3-7H2,1-2H3,(H2,14,20)(H,18,19). The molecule has 2 rings (SSSR count). The quantitative estimate of drug-likeness (QED) is 0.837. The van der Waals surface area contributed by atoms with Crippen molar-refractivity contribution in [1.29, 1.82) is 0 Å². The number of aliphatic carboxylic acids is 1. The third kappa shape index (κ3) is 2.76. The van der Waals surface area contributed by atoms with Crippen molar-refractivity contribution in [2.45, 2.75) is 26.2 Å². The average molecular weight is 280 g/mol. The predicted molar refractivity (Wildman–Crippen MR) is 73.7 cm³/mol. The molecule has 1 saturated heterocycles. The highest BCUT2D eigenvalue weighted by Crippen LogP contribution is 2.28. The van der Waals surface area contributed by atoms with Crippen LogP contribution in [0.25, 0.3) is 0 Å². The number of carbonyl (C=O) groups excluding carboxylic acids is 1. The van der Waals surface area contributed by atoms with E-state index in [1.807, 2.05) is 0 Å². The minimum absolute atomic E-state index is 0.204. The second-order valence-electron chi connectivity index (χ2n) is 5.30. The van der Waals surface area contributed by atoms with E-state index in [1.165, 1.54) is 0 Å². The lowest BCUT2D eigenvalue weighted by atomic mass is 9.93. The number of carboxylic acid groups (broad SMARTS) is 1. The molecule has 0 spiro atoms. The molecule has 1 aromatic rings. The minimum Gasteiger partial charge on any atom is -0.481 e. The highest BCUT2D eigenvalue weighted by atomic mass is 16.4. The Kier molecular flexibility index (Phi) is 3.96. The third-order valence-electron chi connectivity index (χ3n) is 3.82. The van der Waals surface area contributed by atoms with E-state index < -0.39 is 11.9 Å². The van der Waals surface area contributed by atoms with Gasteiger partial charge in [-0.15, -0.1) is 0 Å². The van der Waals surface area contributed by atoms with Gasteiger partial charge in [0.2, 0.25) is 0 Å². The summed E-state index contributed by atoms with van der Waals surface area (Å²) in [4.78, 5) is 24.4. The number of anilines is 1. The fourth-order valence-corrected chi connectivity index (χ4v) is 2.89. The molecule has 1 aliphatic rings. The van der Waals surface area contributed by atoms with Crippen molar-refractivity contribution in [2.75, 3.05) is 18.0 Å². The fraction of sp³-hybridized carbons (Fsp3) is 0.615. The largest absolute Gasteiger partial charge is 0.481 e. The van der Waals surface area contributed by atoms with E-state index in [4.69, 9.17) is 10.8 Å². The maximum atomic E-state index is 11.6. The van der Waals surface area contributed by atoms with Crippen molar-refractivity contribution in [3.8, 4) is 0 Å². The van der Waals surface area contributed by atoms with Gasteiger partial charge in [0, 0.05) is 26.6 Å². The van der Waals surface area contributed by atoms with E-state index in [2.05, 4.69) is 10.00 Å². The van der Waals surface area contributed by atoms with Gasteiger partial charge in [0.05, 0.1) is 5.69 Å². The van der Waals surface area contributed by atoms with Gasteiger partial charge in [0.1, 0.15) is 11.4 Å². The van der Waals surface area contributed by atoms with Crippen LogP contribution in [0, 0.1) is 12.8 Å². The number of rotatable bonds is 4. The molecule has 0 radical (unpaired) electrons. The number of carbonyl (C=O) groups is 2. The number of aromatic nitrogens is 2. The monoisotopic (exact) mass is 280 g/mol. The smallest absolute Gasteiger partial charge is 0.303 e. The van der Waals surface area contributed by atoms with Crippen LogP contribution in [0.4, 0.5) is 5.82 Å². The summed E-state index contributed by atoms with van der Waals surface area (Å²) in [5.41, 5.74) is 6.52. The molecule has 110 valence electrons. The molecular weight excluding hydrogens is 260 g/mol. The Morgan fingerprint density at radius 2 is 2.00 bits per heavy atom. The first-order chi connectivity index (χ1) is 9.40. The molecule has 0 aliphatic carbocycles. The zero-order valence-corrected chi connectivity index (χ0v) is 11.8. The number of aryl methyl sites for hydroxylation is 2. The number of nitrogens with two attached hydrogens (primary N) is 1. The van der Waals surface area contributed by atoms with Gasteiger partial charge >= 0.3 is 5.97 Å². The summed E-state index contributed by atoms with van der Waals surface area (Å²) in [5.74, 6) is -0.283. The van der Waals surface area contributed by atoms with Crippen molar-refractivity contribution in [3.63, 3.8) is 0 Å². The zero-order chi connectivity index (χ0) is 14.9. The summed E-state index contributed by atoms with van der Waals surface area (Å²) >= 11 is 0. The highest BCUT2D eigenvalue weighted by molar-refractivity contribution is 5.99. The number of primary amides is 1. The molecule has 1 aliphatic heterocycles.